The lowest BCUT2D eigenvalue weighted by atomic mass is 9.90. The van der Waals surface area contributed by atoms with E-state index in [1.807, 2.05) is 0 Å². The molecular formula is C31H37F3N4O3. The molecule has 0 unspecified atom stereocenters. The van der Waals surface area contributed by atoms with Gasteiger partial charge in [0.15, 0.2) is 5.78 Å². The van der Waals surface area contributed by atoms with Gasteiger partial charge in [-0.05, 0) is 51.2 Å². The second kappa shape index (κ2) is 13.7. The standard InChI is InChI=1S/C31H37F3N4O3/c1-20(24-5-2-6-26(29(24)32)30(33)34)35-31-25-8-7-22(17-23(39)16-21-4-3-12-40-13-9-21)18-27(25)36-28(37-31)19-38-10-14-41-15-11-38/h2,5-6,16-17,20,30H,3-4,7-15,18-19H2,1H3,(H,35,36,37)/b21-16-,22-17+/t20-/m1/s1. The van der Waals surface area contributed by atoms with E-state index < -0.39 is 23.8 Å². The molecule has 1 atom stereocenters. The van der Waals surface area contributed by atoms with Crippen molar-refractivity contribution in [1.82, 2.24) is 14.9 Å². The van der Waals surface area contributed by atoms with Gasteiger partial charge in [-0.25, -0.2) is 23.1 Å². The van der Waals surface area contributed by atoms with Gasteiger partial charge < -0.3 is 14.8 Å². The second-order valence-electron chi connectivity index (χ2n) is 10.9. The molecule has 1 N–H and O–H groups in total. The summed E-state index contributed by atoms with van der Waals surface area (Å²) in [5, 5.41) is 3.30. The van der Waals surface area contributed by atoms with Crippen LogP contribution in [0.4, 0.5) is 19.0 Å². The summed E-state index contributed by atoms with van der Waals surface area (Å²) in [7, 11) is 0. The molecule has 0 saturated carbocycles. The fraction of sp³-hybridized carbons (Fsp3) is 0.516. The monoisotopic (exact) mass is 570 g/mol. The number of hydrogen-bond acceptors (Lipinski definition) is 7. The molecule has 0 radical (unpaired) electrons. The predicted molar refractivity (Wildman–Crippen MR) is 149 cm³/mol. The fourth-order valence-electron chi connectivity index (χ4n) is 5.63. The highest BCUT2D eigenvalue weighted by Gasteiger charge is 2.25. The quantitative estimate of drug-likeness (QED) is 0.410. The van der Waals surface area contributed by atoms with Crippen LogP contribution in [0.1, 0.15) is 73.3 Å². The van der Waals surface area contributed by atoms with Gasteiger partial charge in [-0.3, -0.25) is 9.69 Å². The zero-order valence-electron chi connectivity index (χ0n) is 23.4. The molecule has 7 nitrogen and oxygen atoms in total. The molecule has 3 aliphatic rings. The van der Waals surface area contributed by atoms with Gasteiger partial charge >= 0.3 is 0 Å². The number of anilines is 1. The molecule has 0 bridgehead atoms. The van der Waals surface area contributed by atoms with Gasteiger partial charge in [0.1, 0.15) is 17.5 Å². The molecule has 10 heteroatoms. The zero-order valence-corrected chi connectivity index (χ0v) is 23.4. The van der Waals surface area contributed by atoms with Crippen molar-refractivity contribution in [1.29, 1.82) is 0 Å². The van der Waals surface area contributed by atoms with E-state index in [0.717, 1.165) is 67.4 Å². The molecule has 2 saturated heterocycles. The van der Waals surface area contributed by atoms with Gasteiger partial charge in [0.25, 0.3) is 6.43 Å². The number of nitrogens with one attached hydrogen (secondary N) is 1. The Balaban J connectivity index is 1.40. The summed E-state index contributed by atoms with van der Waals surface area (Å²) in [4.78, 5) is 24.8. The van der Waals surface area contributed by atoms with Crippen LogP contribution in [-0.4, -0.2) is 60.2 Å². The zero-order chi connectivity index (χ0) is 28.8. The number of hydrogen-bond donors (Lipinski definition) is 1. The van der Waals surface area contributed by atoms with Crippen molar-refractivity contribution >= 4 is 11.6 Å². The van der Waals surface area contributed by atoms with Crippen LogP contribution in [-0.2, 0) is 33.7 Å². The number of nitrogens with zero attached hydrogens (tertiary/aromatic N) is 3. The molecule has 1 aromatic carbocycles. The maximum absolute atomic E-state index is 14.9. The third-order valence-electron chi connectivity index (χ3n) is 7.86. The Morgan fingerprint density at radius 1 is 1.00 bits per heavy atom. The number of halogens is 3. The Morgan fingerprint density at radius 3 is 2.56 bits per heavy atom. The molecule has 2 fully saturated rings. The van der Waals surface area contributed by atoms with Crippen LogP contribution >= 0.6 is 0 Å². The first-order chi connectivity index (χ1) is 19.9. The Hall–Kier alpha value is -3.08. The number of ether oxygens (including phenoxy) is 2. The number of alkyl halides is 2. The summed E-state index contributed by atoms with van der Waals surface area (Å²) < 4.78 is 52.6. The average Bonchev–Trinajstić information content (AvgIpc) is 3.22. The summed E-state index contributed by atoms with van der Waals surface area (Å²) in [6, 6.07) is 3.47. The third kappa shape index (κ3) is 7.61. The van der Waals surface area contributed by atoms with Crippen LogP contribution in [0.2, 0.25) is 0 Å². The summed E-state index contributed by atoms with van der Waals surface area (Å²) in [6.07, 6.45) is 4.98. The van der Waals surface area contributed by atoms with Crippen molar-refractivity contribution in [2.75, 3.05) is 44.8 Å². The summed E-state index contributed by atoms with van der Waals surface area (Å²) in [6.45, 7) is 6.47. The Bertz CT molecular complexity index is 1300. The number of ketones is 1. The van der Waals surface area contributed by atoms with E-state index >= 15 is 0 Å². The van der Waals surface area contributed by atoms with Crippen LogP contribution in [0.15, 0.2) is 41.5 Å². The number of rotatable bonds is 8. The first kappa shape index (κ1) is 29.4. The Labute approximate surface area is 238 Å². The molecule has 41 heavy (non-hydrogen) atoms. The smallest absolute Gasteiger partial charge is 0.266 e. The SMILES string of the molecule is C[C@@H](Nc1nc(CN2CCOCC2)nc2c1CC/C(=C\C(=O)/C=C1/CCCOCC1)C2)c1cccc(C(F)F)c1F. The number of morpholine rings is 1. The highest BCUT2D eigenvalue weighted by molar-refractivity contribution is 6.00. The fourth-order valence-corrected chi connectivity index (χ4v) is 5.63. The molecule has 2 aromatic rings. The van der Waals surface area contributed by atoms with Crippen LogP contribution in [0, 0.1) is 5.82 Å². The van der Waals surface area contributed by atoms with Gasteiger partial charge in [0.2, 0.25) is 0 Å². The van der Waals surface area contributed by atoms with E-state index in [4.69, 9.17) is 19.4 Å². The average molecular weight is 571 g/mol. The van der Waals surface area contributed by atoms with Gasteiger partial charge in [0, 0.05) is 37.2 Å². The highest BCUT2D eigenvalue weighted by atomic mass is 19.3. The number of allylic oxidation sites excluding steroid dienone is 3. The number of carbonyl (C=O) groups is 1. The van der Waals surface area contributed by atoms with Gasteiger partial charge in [0.05, 0.1) is 43.7 Å². The number of fused-ring (bicyclic) bond motifs is 1. The highest BCUT2D eigenvalue weighted by Crippen LogP contribution is 2.33. The van der Waals surface area contributed by atoms with Crippen molar-refractivity contribution < 1.29 is 27.4 Å². The Kier molecular flexibility index (Phi) is 9.84. The summed E-state index contributed by atoms with van der Waals surface area (Å²) in [5.74, 6) is 0.287. The van der Waals surface area contributed by atoms with E-state index in [1.54, 1.807) is 19.1 Å². The molecule has 2 aliphatic heterocycles. The van der Waals surface area contributed by atoms with Crippen LogP contribution in [0.5, 0.6) is 0 Å². The summed E-state index contributed by atoms with van der Waals surface area (Å²) >= 11 is 0. The van der Waals surface area contributed by atoms with Crippen LogP contribution < -0.4 is 5.32 Å². The molecule has 220 valence electrons. The second-order valence-corrected chi connectivity index (χ2v) is 10.9. The first-order valence-corrected chi connectivity index (χ1v) is 14.4. The van der Waals surface area contributed by atoms with Gasteiger partial charge in [-0.2, -0.15) is 0 Å². The summed E-state index contributed by atoms with van der Waals surface area (Å²) in [5.41, 5.74) is 3.43. The molecule has 3 heterocycles. The van der Waals surface area contributed by atoms with Crippen LogP contribution in [0.25, 0.3) is 0 Å². The van der Waals surface area contributed by atoms with E-state index in [0.29, 0.717) is 57.3 Å². The molecule has 1 aromatic heterocycles. The van der Waals surface area contributed by atoms with Crippen molar-refractivity contribution in [2.45, 2.75) is 64.5 Å². The predicted octanol–water partition coefficient (Wildman–Crippen LogP) is 5.67. The van der Waals surface area contributed by atoms with Crippen molar-refractivity contribution in [2.24, 2.45) is 0 Å². The minimum absolute atomic E-state index is 0.00990. The van der Waals surface area contributed by atoms with E-state index in [2.05, 4.69) is 10.2 Å². The van der Waals surface area contributed by atoms with Crippen LogP contribution in [0.3, 0.4) is 0 Å². The van der Waals surface area contributed by atoms with Crippen molar-refractivity contribution in [3.05, 3.63) is 75.5 Å². The number of aromatic nitrogens is 2. The number of benzene rings is 1. The van der Waals surface area contributed by atoms with Gasteiger partial charge in [-0.15, -0.1) is 0 Å². The molecule has 0 spiro atoms. The van der Waals surface area contributed by atoms with Gasteiger partial charge in [-0.1, -0.05) is 29.3 Å². The number of carbonyl (C=O) groups excluding carboxylic acids is 1. The lowest BCUT2D eigenvalue weighted by molar-refractivity contribution is -0.110. The normalized spacial score (nSPS) is 21.1. The largest absolute Gasteiger partial charge is 0.381 e. The maximum atomic E-state index is 14.9. The minimum atomic E-state index is -2.89. The van der Waals surface area contributed by atoms with E-state index in [1.165, 1.54) is 12.1 Å². The van der Waals surface area contributed by atoms with E-state index in [9.17, 15) is 18.0 Å². The third-order valence-corrected chi connectivity index (χ3v) is 7.86. The topological polar surface area (TPSA) is 76.6 Å². The Morgan fingerprint density at radius 2 is 1.76 bits per heavy atom. The van der Waals surface area contributed by atoms with E-state index in [-0.39, 0.29) is 11.3 Å². The van der Waals surface area contributed by atoms with Crippen molar-refractivity contribution in [3.8, 4) is 0 Å². The van der Waals surface area contributed by atoms with Crippen molar-refractivity contribution in [3.63, 3.8) is 0 Å². The lowest BCUT2D eigenvalue weighted by Crippen LogP contribution is -2.36. The molecule has 0 amide bonds. The lowest BCUT2D eigenvalue weighted by Gasteiger charge is -2.28. The molecule has 1 aliphatic carbocycles. The minimum Gasteiger partial charge on any atom is -0.381 e. The first-order valence-electron chi connectivity index (χ1n) is 14.4. The molecule has 5 rings (SSSR count). The maximum Gasteiger partial charge on any atom is 0.266 e. The molecular weight excluding hydrogens is 533 g/mol.